The molecule has 3 aliphatic heterocycles. The monoisotopic (exact) mass is 938 g/mol. The number of fused-ring (bicyclic) bond motifs is 2. The highest BCUT2D eigenvalue weighted by Gasteiger charge is 2.51. The summed E-state index contributed by atoms with van der Waals surface area (Å²) in [6.07, 6.45) is 4.50. The van der Waals surface area contributed by atoms with Crippen LogP contribution in [0.2, 0.25) is 0 Å². The van der Waals surface area contributed by atoms with Crippen LogP contribution < -0.4 is 5.73 Å². The SMILES string of the molecule is COC(=O)C1C2C[C@@H](OC3O[C@H](C)[C@@H](O)[C@H](N)[C@@H]3O)C=CC=CC=CC=CC=CC=CC=C[C@H](C)[C@@H](O)C(C)[C@H](C)OC(=O)C[C@H](O)C[C@H](O)CC[C@@H](O)[C@H](O)C[C@H](O)C[C@](O)(C[C@@H]1O)O2. The van der Waals surface area contributed by atoms with Crippen LogP contribution in [-0.2, 0) is 33.3 Å². The van der Waals surface area contributed by atoms with E-state index < -0.39 is 147 Å². The average Bonchev–Trinajstić information content (AvgIpc) is 3.24. The molecule has 0 aromatic heterocycles. The lowest BCUT2D eigenvalue weighted by atomic mass is 9.82. The van der Waals surface area contributed by atoms with E-state index in [9.17, 15) is 60.7 Å². The Morgan fingerprint density at radius 2 is 1.24 bits per heavy atom. The van der Waals surface area contributed by atoms with Crippen LogP contribution in [-0.4, -0.2) is 168 Å². The summed E-state index contributed by atoms with van der Waals surface area (Å²) in [7, 11) is 1.12. The van der Waals surface area contributed by atoms with Crippen molar-refractivity contribution in [2.75, 3.05) is 7.11 Å². The van der Waals surface area contributed by atoms with Crippen molar-refractivity contribution in [2.24, 2.45) is 23.5 Å². The van der Waals surface area contributed by atoms with Gasteiger partial charge in [-0.05, 0) is 33.1 Å². The van der Waals surface area contributed by atoms with E-state index in [-0.39, 0.29) is 31.6 Å². The first-order valence-corrected chi connectivity index (χ1v) is 22.7. The third kappa shape index (κ3) is 18.6. The van der Waals surface area contributed by atoms with Crippen LogP contribution in [0.5, 0.6) is 0 Å². The predicted octanol–water partition coefficient (Wildman–Crippen LogP) is 0.800. The molecule has 19 atom stereocenters. The summed E-state index contributed by atoms with van der Waals surface area (Å²) in [6.45, 7) is 6.78. The van der Waals surface area contributed by atoms with Gasteiger partial charge in [-0.3, -0.25) is 9.59 Å². The molecular weight excluding hydrogens is 863 g/mol. The summed E-state index contributed by atoms with van der Waals surface area (Å²) in [5.41, 5.74) is 6.05. The molecule has 3 heterocycles. The summed E-state index contributed by atoms with van der Waals surface area (Å²) in [5, 5.41) is 109. The highest BCUT2D eigenvalue weighted by Crippen LogP contribution is 2.38. The van der Waals surface area contributed by atoms with Gasteiger partial charge >= 0.3 is 11.9 Å². The lowest BCUT2D eigenvalue weighted by molar-refractivity contribution is -0.308. The molecule has 12 N–H and O–H groups in total. The number of nitrogens with two attached hydrogens (primary N) is 1. The number of cyclic esters (lactones) is 1. The molecule has 2 fully saturated rings. The topological polar surface area (TPSA) is 309 Å². The van der Waals surface area contributed by atoms with Crippen molar-refractivity contribution in [3.8, 4) is 0 Å². The number of ether oxygens (including phenoxy) is 5. The number of aliphatic hydroxyl groups is 10. The van der Waals surface area contributed by atoms with Crippen molar-refractivity contribution in [2.45, 2.75) is 177 Å². The van der Waals surface area contributed by atoms with Crippen molar-refractivity contribution in [3.05, 3.63) is 85.1 Å². The Balaban J connectivity index is 1.88. The Morgan fingerprint density at radius 1 is 0.667 bits per heavy atom. The first-order valence-electron chi connectivity index (χ1n) is 22.7. The zero-order valence-electron chi connectivity index (χ0n) is 38.5. The fraction of sp³-hybridized carbons (Fsp3) is 0.667. The average molecular weight is 938 g/mol. The molecule has 374 valence electrons. The van der Waals surface area contributed by atoms with E-state index in [0.29, 0.717) is 0 Å². The minimum Gasteiger partial charge on any atom is -0.469 e. The molecule has 3 rings (SSSR count). The fourth-order valence-electron chi connectivity index (χ4n) is 8.09. The van der Waals surface area contributed by atoms with E-state index in [0.717, 1.165) is 7.11 Å². The molecule has 4 unspecified atom stereocenters. The van der Waals surface area contributed by atoms with Gasteiger partial charge in [-0.15, -0.1) is 0 Å². The van der Waals surface area contributed by atoms with Gasteiger partial charge in [0, 0.05) is 37.5 Å². The van der Waals surface area contributed by atoms with Gasteiger partial charge in [0.05, 0.1) is 86.7 Å². The lowest BCUT2D eigenvalue weighted by Gasteiger charge is -2.45. The molecule has 66 heavy (non-hydrogen) atoms. The normalized spacial score (nSPS) is 41.5. The highest BCUT2D eigenvalue weighted by molar-refractivity contribution is 5.74. The molecule has 0 radical (unpaired) electrons. The van der Waals surface area contributed by atoms with Gasteiger partial charge in [0.25, 0.3) is 0 Å². The minimum atomic E-state index is -2.27. The van der Waals surface area contributed by atoms with Crippen LogP contribution in [0.4, 0.5) is 0 Å². The van der Waals surface area contributed by atoms with Gasteiger partial charge in [0.2, 0.25) is 0 Å². The zero-order chi connectivity index (χ0) is 49.1. The third-order valence-electron chi connectivity index (χ3n) is 12.2. The summed E-state index contributed by atoms with van der Waals surface area (Å²) < 4.78 is 28.4. The molecule has 0 amide bonds. The van der Waals surface area contributed by atoms with Crippen LogP contribution in [0.25, 0.3) is 0 Å². The van der Waals surface area contributed by atoms with Crippen LogP contribution in [0.3, 0.4) is 0 Å². The van der Waals surface area contributed by atoms with Gasteiger partial charge < -0.3 is 80.5 Å². The molecule has 0 aliphatic carbocycles. The smallest absolute Gasteiger partial charge is 0.313 e. The van der Waals surface area contributed by atoms with Crippen molar-refractivity contribution in [1.82, 2.24) is 0 Å². The molecule has 18 heteroatoms. The summed E-state index contributed by atoms with van der Waals surface area (Å²) in [6, 6.07) is -1.13. The molecule has 18 nitrogen and oxygen atoms in total. The number of esters is 2. The van der Waals surface area contributed by atoms with E-state index in [4.69, 9.17) is 29.4 Å². The quantitative estimate of drug-likeness (QED) is 0.174. The van der Waals surface area contributed by atoms with E-state index >= 15 is 0 Å². The number of allylic oxidation sites excluding steroid dienone is 12. The Morgan fingerprint density at radius 3 is 1.83 bits per heavy atom. The van der Waals surface area contributed by atoms with Crippen molar-refractivity contribution >= 4 is 11.9 Å². The van der Waals surface area contributed by atoms with Crippen LogP contribution >= 0.6 is 0 Å². The molecule has 2 bridgehead atoms. The molecule has 0 aromatic rings. The van der Waals surface area contributed by atoms with Crippen molar-refractivity contribution in [1.29, 1.82) is 0 Å². The number of aliphatic hydroxyl groups excluding tert-OH is 9. The molecular formula is C48H75NO17. The molecule has 0 saturated carbocycles. The number of methoxy groups -OCH3 is 1. The number of carbonyl (C=O) groups is 2. The highest BCUT2D eigenvalue weighted by atomic mass is 16.7. The summed E-state index contributed by atoms with van der Waals surface area (Å²) in [4.78, 5) is 25.7. The van der Waals surface area contributed by atoms with Gasteiger partial charge in [-0.1, -0.05) is 98.9 Å². The Kier molecular flexibility index (Phi) is 24.3. The number of rotatable bonds is 3. The third-order valence-corrected chi connectivity index (χ3v) is 12.2. The second-order valence-electron chi connectivity index (χ2n) is 17.8. The number of hydrogen-bond acceptors (Lipinski definition) is 18. The standard InChI is InChI=1S/C48H75NO17/c1-28-18-16-14-12-10-8-6-7-9-11-13-15-17-19-35(65-47-45(59)42(49)44(58)31(4)64-47)25-39-41(46(60)62-5)38(55)27-48(61,66-39)26-34(52)23-37(54)36(53)21-20-32(50)22-33(51)24-40(56)63-30(3)29(2)43(28)57/h6-19,28-39,41-45,47,50-55,57-59,61H,20-27,49H2,1-5H3/t28-,29?,30-,31+,32+,33+,34-,35-,36+,37+,38-,39?,41?,42-,43+,44+,45-,47?,48+/m0/s1. The first-order chi connectivity index (χ1) is 31.2. The van der Waals surface area contributed by atoms with Crippen LogP contribution in [0.15, 0.2) is 85.1 Å². The Bertz CT molecular complexity index is 1680. The van der Waals surface area contributed by atoms with E-state index in [1.165, 1.54) is 0 Å². The lowest BCUT2D eigenvalue weighted by Crippen LogP contribution is -2.61. The van der Waals surface area contributed by atoms with Crippen LogP contribution in [0, 0.1) is 17.8 Å². The maximum Gasteiger partial charge on any atom is 0.313 e. The molecule has 2 saturated heterocycles. The maximum atomic E-state index is 13.1. The van der Waals surface area contributed by atoms with Crippen LogP contribution in [0.1, 0.15) is 79.1 Å². The number of hydrogen-bond donors (Lipinski definition) is 11. The van der Waals surface area contributed by atoms with Gasteiger partial charge in [-0.25, -0.2) is 0 Å². The zero-order valence-corrected chi connectivity index (χ0v) is 38.5. The summed E-state index contributed by atoms with van der Waals surface area (Å²) in [5.74, 6) is -5.93. The van der Waals surface area contributed by atoms with E-state index in [1.807, 2.05) is 37.3 Å². The van der Waals surface area contributed by atoms with Gasteiger partial charge in [0.1, 0.15) is 18.1 Å². The molecule has 3 aliphatic rings. The largest absolute Gasteiger partial charge is 0.469 e. The van der Waals surface area contributed by atoms with Gasteiger partial charge in [-0.2, -0.15) is 0 Å². The maximum absolute atomic E-state index is 13.1. The summed E-state index contributed by atoms with van der Waals surface area (Å²) >= 11 is 0. The first kappa shape index (κ1) is 56.9. The minimum absolute atomic E-state index is 0.0949. The van der Waals surface area contributed by atoms with E-state index in [2.05, 4.69) is 0 Å². The van der Waals surface area contributed by atoms with Crippen molar-refractivity contribution < 1.29 is 84.3 Å². The second kappa shape index (κ2) is 28.1. The molecule has 0 aromatic carbocycles. The van der Waals surface area contributed by atoms with Crippen molar-refractivity contribution in [3.63, 3.8) is 0 Å². The Hall–Kier alpha value is -3.44. The predicted molar refractivity (Wildman–Crippen MR) is 241 cm³/mol. The Labute approximate surface area is 387 Å². The van der Waals surface area contributed by atoms with E-state index in [1.54, 1.807) is 75.5 Å². The fourth-order valence-corrected chi connectivity index (χ4v) is 8.09. The number of carbonyl (C=O) groups excluding carboxylic acids is 2. The second-order valence-corrected chi connectivity index (χ2v) is 17.8. The van der Waals surface area contributed by atoms with Gasteiger partial charge in [0.15, 0.2) is 12.1 Å². The molecule has 0 spiro atoms.